The fourth-order valence-corrected chi connectivity index (χ4v) is 10.4. The predicted molar refractivity (Wildman–Crippen MR) is 252 cm³/mol. The van der Waals surface area contributed by atoms with Crippen LogP contribution in [0.2, 0.25) is 0 Å². The summed E-state index contributed by atoms with van der Waals surface area (Å²) in [6.07, 6.45) is 9.64. The van der Waals surface area contributed by atoms with Crippen molar-refractivity contribution >= 4 is 29.3 Å². The molecule has 1 fully saturated rings. The van der Waals surface area contributed by atoms with Crippen molar-refractivity contribution in [1.82, 2.24) is 4.90 Å². The van der Waals surface area contributed by atoms with Gasteiger partial charge in [-0.15, -0.1) is 18.3 Å². The van der Waals surface area contributed by atoms with E-state index >= 15 is 4.79 Å². The SMILES string of the molecule is C=CCO[C@@]12Oc3ccc(Oc4ccc(SC)cc4)cc3[C@H]3[C@H](CCCCO)[C@@H](CCCCO)C=C(C(=NOCC)C[C@@H]1N(Cc1ccc4c(c1)OCO4)C(=O)Oc1ccc([N+](=O)[O-])cc1)[C@H]32. The third kappa shape index (κ3) is 10.3. The summed E-state index contributed by atoms with van der Waals surface area (Å²) in [6, 6.07) is 23.6. The van der Waals surface area contributed by atoms with Gasteiger partial charge in [-0.2, -0.15) is 0 Å². The van der Waals surface area contributed by atoms with Gasteiger partial charge in [0.2, 0.25) is 12.6 Å². The average Bonchev–Trinajstić information content (AvgIpc) is 3.82. The highest BCUT2D eigenvalue weighted by molar-refractivity contribution is 7.98. The summed E-state index contributed by atoms with van der Waals surface area (Å²) in [5, 5.41) is 36.3. The number of aliphatic hydroxyl groups excluding tert-OH is 2. The number of carbonyl (C=O) groups excluding carboxylic acids is 1. The van der Waals surface area contributed by atoms with Gasteiger partial charge in [-0.3, -0.25) is 15.0 Å². The molecule has 4 aliphatic rings. The Balaban J connectivity index is 1.32. The van der Waals surface area contributed by atoms with Gasteiger partial charge in [0, 0.05) is 54.7 Å². The summed E-state index contributed by atoms with van der Waals surface area (Å²) < 4.78 is 38.6. The highest BCUT2D eigenvalue weighted by atomic mass is 32.2. The van der Waals surface area contributed by atoms with Gasteiger partial charge in [-0.05, 0) is 129 Å². The van der Waals surface area contributed by atoms with Gasteiger partial charge in [0.05, 0.1) is 23.2 Å². The number of thioether (sulfide) groups is 1. The smallest absolute Gasteiger partial charge is 0.416 e. The van der Waals surface area contributed by atoms with Crippen LogP contribution < -0.4 is 23.7 Å². The first-order chi connectivity index (χ1) is 32.7. The van der Waals surface area contributed by atoms with E-state index in [4.69, 9.17) is 38.4 Å². The van der Waals surface area contributed by atoms with E-state index in [1.807, 2.05) is 67.8 Å². The molecule has 2 heterocycles. The lowest BCUT2D eigenvalue weighted by Crippen LogP contribution is -2.70. The first-order valence-corrected chi connectivity index (χ1v) is 24.1. The second kappa shape index (κ2) is 21.7. The third-order valence-electron chi connectivity index (χ3n) is 12.9. The van der Waals surface area contributed by atoms with Crippen LogP contribution in [0.25, 0.3) is 0 Å². The monoisotopic (exact) mass is 935 g/mol. The Hall–Kier alpha value is -6.07. The molecule has 0 aromatic heterocycles. The highest BCUT2D eigenvalue weighted by Gasteiger charge is 2.66. The van der Waals surface area contributed by atoms with Gasteiger partial charge < -0.3 is 43.5 Å². The topological polar surface area (TPSA) is 181 Å². The molecule has 2 N–H and O–H groups in total. The van der Waals surface area contributed by atoms with Crippen molar-refractivity contribution < 1.29 is 53.2 Å². The molecule has 6 atom stereocenters. The van der Waals surface area contributed by atoms with E-state index in [-0.39, 0.29) is 68.8 Å². The van der Waals surface area contributed by atoms with Crippen LogP contribution in [0.5, 0.6) is 34.5 Å². The van der Waals surface area contributed by atoms with E-state index in [1.54, 1.807) is 28.8 Å². The number of benzene rings is 4. The van der Waals surface area contributed by atoms with E-state index in [9.17, 15) is 20.3 Å². The molecule has 2 aliphatic heterocycles. The number of aliphatic hydroxyl groups is 2. The van der Waals surface area contributed by atoms with Crippen molar-refractivity contribution in [3.8, 4) is 34.5 Å². The lowest BCUT2D eigenvalue weighted by Gasteiger charge is -2.59. The maximum absolute atomic E-state index is 15.1. The molecule has 0 radical (unpaired) electrons. The summed E-state index contributed by atoms with van der Waals surface area (Å²) in [4.78, 5) is 34.7. The predicted octanol–water partition coefficient (Wildman–Crippen LogP) is 10.2. The molecule has 1 amide bonds. The number of amides is 1. The lowest BCUT2D eigenvalue weighted by atomic mass is 9.55. The number of nitro benzene ring substituents is 1. The molecular weight excluding hydrogens is 879 g/mol. The molecule has 16 heteroatoms. The van der Waals surface area contributed by atoms with Crippen LogP contribution in [0.1, 0.15) is 68.9 Å². The Morgan fingerprint density at radius 1 is 0.940 bits per heavy atom. The van der Waals surface area contributed by atoms with Crippen LogP contribution in [-0.2, 0) is 16.1 Å². The molecule has 2 aliphatic carbocycles. The van der Waals surface area contributed by atoms with Crippen molar-refractivity contribution in [2.75, 3.05) is 39.5 Å². The Morgan fingerprint density at radius 2 is 1.66 bits per heavy atom. The fraction of sp³-hybridized carbons (Fsp3) is 0.412. The summed E-state index contributed by atoms with van der Waals surface area (Å²) in [5.41, 5.74) is 2.94. The Labute approximate surface area is 394 Å². The first kappa shape index (κ1) is 47.4. The van der Waals surface area contributed by atoms with Crippen molar-refractivity contribution in [1.29, 1.82) is 0 Å². The summed E-state index contributed by atoms with van der Waals surface area (Å²) in [7, 11) is 0. The van der Waals surface area contributed by atoms with Crippen molar-refractivity contribution in [3.05, 3.63) is 130 Å². The second-order valence-electron chi connectivity index (χ2n) is 16.9. The molecule has 0 saturated heterocycles. The van der Waals surface area contributed by atoms with E-state index in [0.717, 1.165) is 41.7 Å². The summed E-state index contributed by atoms with van der Waals surface area (Å²) >= 11 is 1.65. The quantitative estimate of drug-likeness (QED) is 0.0265. The number of rotatable bonds is 21. The molecule has 4 aromatic rings. The molecular formula is C51H57N3O12S. The number of non-ortho nitro benzene ring substituents is 1. The van der Waals surface area contributed by atoms with Crippen molar-refractivity contribution in [2.24, 2.45) is 22.9 Å². The van der Waals surface area contributed by atoms with Gasteiger partial charge in [0.25, 0.3) is 5.69 Å². The number of hydrogen-bond acceptors (Lipinski definition) is 14. The minimum Gasteiger partial charge on any atom is -0.459 e. The number of carbonyl (C=O) groups is 1. The number of oxime groups is 1. The number of hydrogen-bond donors (Lipinski definition) is 2. The maximum Gasteiger partial charge on any atom is 0.416 e. The standard InChI is InChI=1S/C51H57N3O12S/c1-4-26-62-51-47(53(31-33-12-22-45-46(27-33)61-32-60-45)50(57)65-37-15-13-35(14-16-37)54(58)59)30-43(52-63-5-2)41-28-34(10-6-8-24-55)40(11-7-9-25-56)48(49(41)51)42-29-38(19-23-44(42)66-51)64-36-17-20-39(67-3)21-18-36/h4,12-23,27-29,34,40,47-49,55-56H,1,5-11,24-26,30-32H2,2-3H3/t34-,40+,47-,48+,49+,51+/m0/s1. The van der Waals surface area contributed by atoms with E-state index < -0.39 is 28.8 Å². The van der Waals surface area contributed by atoms with Crippen LogP contribution in [0.4, 0.5) is 10.5 Å². The first-order valence-electron chi connectivity index (χ1n) is 22.8. The van der Waals surface area contributed by atoms with Gasteiger partial charge >= 0.3 is 6.09 Å². The number of fused-ring (bicyclic) bond motifs is 3. The van der Waals surface area contributed by atoms with E-state index in [2.05, 4.69) is 12.7 Å². The Morgan fingerprint density at radius 3 is 2.37 bits per heavy atom. The van der Waals surface area contributed by atoms with Gasteiger partial charge in [-0.25, -0.2) is 4.79 Å². The second-order valence-corrected chi connectivity index (χ2v) is 17.8. The minimum atomic E-state index is -1.59. The van der Waals surface area contributed by atoms with E-state index in [0.29, 0.717) is 59.5 Å². The van der Waals surface area contributed by atoms with Crippen LogP contribution in [-0.4, -0.2) is 83.1 Å². The number of nitrogens with zero attached hydrogens (tertiary/aromatic N) is 3. The number of unbranched alkanes of at least 4 members (excludes halogenated alkanes) is 2. The van der Waals surface area contributed by atoms with Gasteiger partial charge in [0.1, 0.15) is 35.6 Å². The molecule has 354 valence electrons. The number of nitro groups is 1. The zero-order valence-electron chi connectivity index (χ0n) is 37.8. The molecule has 0 unspecified atom stereocenters. The molecule has 1 saturated carbocycles. The fourth-order valence-electron chi connectivity index (χ4n) is 9.97. The Bertz CT molecular complexity index is 2450. The largest absolute Gasteiger partial charge is 0.459 e. The lowest BCUT2D eigenvalue weighted by molar-refractivity contribution is -0.384. The van der Waals surface area contributed by atoms with Gasteiger partial charge in [-0.1, -0.05) is 36.2 Å². The molecule has 8 rings (SSSR count). The summed E-state index contributed by atoms with van der Waals surface area (Å²) in [6.45, 7) is 6.42. The molecule has 0 spiro atoms. The van der Waals surface area contributed by atoms with Crippen LogP contribution in [0.3, 0.4) is 0 Å². The normalized spacial score (nSPS) is 22.7. The number of ether oxygens (including phenoxy) is 6. The maximum atomic E-state index is 15.1. The minimum absolute atomic E-state index is 0.00724. The number of allylic oxidation sites excluding steroid dienone is 1. The third-order valence-corrected chi connectivity index (χ3v) is 13.6. The van der Waals surface area contributed by atoms with Crippen molar-refractivity contribution in [3.63, 3.8) is 0 Å². The average molecular weight is 936 g/mol. The van der Waals surface area contributed by atoms with Crippen LogP contribution in [0.15, 0.2) is 119 Å². The Kier molecular flexibility index (Phi) is 15.4. The summed E-state index contributed by atoms with van der Waals surface area (Å²) in [5.74, 6) is 0.571. The zero-order valence-corrected chi connectivity index (χ0v) is 38.6. The molecule has 67 heavy (non-hydrogen) atoms. The van der Waals surface area contributed by atoms with Crippen molar-refractivity contribution in [2.45, 2.75) is 81.1 Å². The van der Waals surface area contributed by atoms with Gasteiger partial charge in [0.15, 0.2) is 11.5 Å². The van der Waals surface area contributed by atoms with Crippen LogP contribution >= 0.6 is 11.8 Å². The molecule has 15 nitrogen and oxygen atoms in total. The molecule has 0 bridgehead atoms. The molecule has 4 aromatic carbocycles. The van der Waals surface area contributed by atoms with Crippen LogP contribution in [0, 0.1) is 27.9 Å². The zero-order chi connectivity index (χ0) is 46.9. The highest BCUT2D eigenvalue weighted by Crippen LogP contribution is 2.62. The van der Waals surface area contributed by atoms with E-state index in [1.165, 1.54) is 24.3 Å².